The predicted octanol–water partition coefficient (Wildman–Crippen LogP) is 1.79. The van der Waals surface area contributed by atoms with Crippen molar-refractivity contribution >= 4 is 11.0 Å². The zero-order chi connectivity index (χ0) is 15.5. The molecule has 0 radical (unpaired) electrons. The monoisotopic (exact) mass is 291 g/mol. The molecule has 0 aliphatic heterocycles. The number of nitrogens with zero attached hydrogens (tertiary/aromatic N) is 3. The van der Waals surface area contributed by atoms with Crippen LogP contribution in [0.4, 0.5) is 0 Å². The lowest BCUT2D eigenvalue weighted by Gasteiger charge is -2.12. The molecule has 0 bridgehead atoms. The van der Waals surface area contributed by atoms with E-state index >= 15 is 0 Å². The van der Waals surface area contributed by atoms with Crippen molar-refractivity contribution in [2.24, 2.45) is 0 Å². The second kappa shape index (κ2) is 5.80. The highest BCUT2D eigenvalue weighted by Crippen LogP contribution is 2.17. The minimum absolute atomic E-state index is 0.0980. The summed E-state index contributed by atoms with van der Waals surface area (Å²) in [4.78, 5) is 17.0. The maximum absolute atomic E-state index is 12.7. The number of hydrogen-bond donors (Lipinski definition) is 1. The van der Waals surface area contributed by atoms with Crippen molar-refractivity contribution in [3.8, 4) is 11.8 Å². The first-order valence-corrected chi connectivity index (χ1v) is 6.85. The Morgan fingerprint density at radius 2 is 2.09 bits per heavy atom. The maximum atomic E-state index is 12.7. The number of nitriles is 1. The van der Waals surface area contributed by atoms with Gasteiger partial charge < -0.3 is 5.11 Å². The Morgan fingerprint density at radius 1 is 1.23 bits per heavy atom. The topological polar surface area (TPSA) is 78.9 Å². The van der Waals surface area contributed by atoms with Gasteiger partial charge in [-0.25, -0.2) is 4.98 Å². The van der Waals surface area contributed by atoms with Gasteiger partial charge in [-0.15, -0.1) is 0 Å². The average molecular weight is 291 g/mol. The summed E-state index contributed by atoms with van der Waals surface area (Å²) in [7, 11) is 0. The number of rotatable bonds is 3. The fraction of sp³-hybridized carbons (Fsp3) is 0.118. The van der Waals surface area contributed by atoms with Gasteiger partial charge >= 0.3 is 0 Å². The Kier molecular flexibility index (Phi) is 3.69. The van der Waals surface area contributed by atoms with Crippen molar-refractivity contribution in [2.45, 2.75) is 6.42 Å². The lowest BCUT2D eigenvalue weighted by atomic mass is 10.1. The molecule has 22 heavy (non-hydrogen) atoms. The zero-order valence-electron chi connectivity index (χ0n) is 11.7. The number of pyridine rings is 2. The largest absolute Gasteiger partial charge is 0.396 e. The van der Waals surface area contributed by atoms with Crippen LogP contribution in [0.15, 0.2) is 53.5 Å². The van der Waals surface area contributed by atoms with Gasteiger partial charge in [0.2, 0.25) is 0 Å². The summed E-state index contributed by atoms with van der Waals surface area (Å²) in [5.41, 5.74) is 1.89. The van der Waals surface area contributed by atoms with Crippen LogP contribution >= 0.6 is 0 Å². The van der Waals surface area contributed by atoms with Gasteiger partial charge in [0.25, 0.3) is 5.56 Å². The van der Waals surface area contributed by atoms with Crippen molar-refractivity contribution in [2.75, 3.05) is 6.61 Å². The number of aliphatic hydroxyl groups is 1. The van der Waals surface area contributed by atoms with E-state index in [1.165, 1.54) is 4.57 Å². The molecule has 0 spiro atoms. The Bertz CT molecular complexity index is 939. The smallest absolute Gasteiger partial charge is 0.260 e. The van der Waals surface area contributed by atoms with Crippen LogP contribution in [-0.2, 0) is 6.42 Å². The quantitative estimate of drug-likeness (QED) is 0.798. The Balaban J connectivity index is 2.38. The normalized spacial score (nSPS) is 10.5. The molecular weight excluding hydrogens is 278 g/mol. The Morgan fingerprint density at radius 3 is 2.86 bits per heavy atom. The first-order valence-electron chi connectivity index (χ1n) is 6.85. The third-order valence-electron chi connectivity index (χ3n) is 3.45. The third-order valence-corrected chi connectivity index (χ3v) is 3.45. The van der Waals surface area contributed by atoms with E-state index in [-0.39, 0.29) is 18.6 Å². The van der Waals surface area contributed by atoms with Crippen molar-refractivity contribution in [3.63, 3.8) is 0 Å². The van der Waals surface area contributed by atoms with Gasteiger partial charge in [0.1, 0.15) is 5.65 Å². The number of benzene rings is 1. The molecule has 1 N–H and O–H groups in total. The standard InChI is InChI=1S/C17H13N3O2/c18-11-12-3-1-5-15(9-12)20-16-13(4-2-7-19-16)10-14(6-8-21)17(20)22/h1-5,7,9-10,21H,6,8H2. The van der Waals surface area contributed by atoms with Gasteiger partial charge in [-0.05, 0) is 36.4 Å². The van der Waals surface area contributed by atoms with E-state index in [1.807, 2.05) is 6.07 Å². The molecule has 1 aromatic carbocycles. The molecule has 108 valence electrons. The van der Waals surface area contributed by atoms with E-state index < -0.39 is 0 Å². The van der Waals surface area contributed by atoms with E-state index in [1.54, 1.807) is 42.6 Å². The van der Waals surface area contributed by atoms with Crippen molar-refractivity contribution in [1.29, 1.82) is 5.26 Å². The van der Waals surface area contributed by atoms with E-state index in [4.69, 9.17) is 10.4 Å². The molecule has 3 aromatic rings. The summed E-state index contributed by atoms with van der Waals surface area (Å²) in [5, 5.41) is 19.0. The number of aliphatic hydroxyl groups excluding tert-OH is 1. The average Bonchev–Trinajstić information content (AvgIpc) is 2.56. The van der Waals surface area contributed by atoms with Crippen LogP contribution in [0.3, 0.4) is 0 Å². The first kappa shape index (κ1) is 14.0. The van der Waals surface area contributed by atoms with Gasteiger partial charge in [0.15, 0.2) is 0 Å². The highest BCUT2D eigenvalue weighted by Gasteiger charge is 2.11. The molecule has 5 heteroatoms. The molecule has 2 aromatic heterocycles. The molecule has 0 fully saturated rings. The third kappa shape index (κ3) is 2.36. The zero-order valence-corrected chi connectivity index (χ0v) is 11.7. The van der Waals surface area contributed by atoms with Crippen molar-refractivity contribution in [1.82, 2.24) is 9.55 Å². The second-order valence-electron chi connectivity index (χ2n) is 4.86. The molecule has 5 nitrogen and oxygen atoms in total. The molecule has 0 atom stereocenters. The van der Waals surface area contributed by atoms with Crippen LogP contribution < -0.4 is 5.56 Å². The molecule has 2 heterocycles. The first-order chi connectivity index (χ1) is 10.7. The van der Waals surface area contributed by atoms with Crippen molar-refractivity contribution in [3.05, 3.63) is 70.1 Å². The maximum Gasteiger partial charge on any atom is 0.260 e. The second-order valence-corrected chi connectivity index (χ2v) is 4.86. The summed E-state index contributed by atoms with van der Waals surface area (Å²) in [5.74, 6) is 0. The highest BCUT2D eigenvalue weighted by atomic mass is 16.3. The van der Waals surface area contributed by atoms with Gasteiger partial charge in [0.05, 0.1) is 17.3 Å². The number of aromatic nitrogens is 2. The van der Waals surface area contributed by atoms with Crippen molar-refractivity contribution < 1.29 is 5.11 Å². The van der Waals surface area contributed by atoms with Gasteiger partial charge in [-0.3, -0.25) is 9.36 Å². The SMILES string of the molecule is N#Cc1cccc(-n2c(=O)c(CCO)cc3cccnc32)c1. The molecule has 0 aliphatic carbocycles. The lowest BCUT2D eigenvalue weighted by molar-refractivity contribution is 0.299. The summed E-state index contributed by atoms with van der Waals surface area (Å²) >= 11 is 0. The minimum Gasteiger partial charge on any atom is -0.396 e. The highest BCUT2D eigenvalue weighted by molar-refractivity contribution is 5.77. The van der Waals surface area contributed by atoms with Crippen LogP contribution in [0, 0.1) is 11.3 Å². The molecule has 0 saturated heterocycles. The van der Waals surface area contributed by atoms with Crippen LogP contribution in [0.2, 0.25) is 0 Å². The molecule has 0 unspecified atom stereocenters. The fourth-order valence-electron chi connectivity index (χ4n) is 2.45. The van der Waals surface area contributed by atoms with E-state index in [0.717, 1.165) is 5.39 Å². The molecule has 3 rings (SSSR count). The molecular formula is C17H13N3O2. The summed E-state index contributed by atoms with van der Waals surface area (Å²) < 4.78 is 1.49. The predicted molar refractivity (Wildman–Crippen MR) is 82.8 cm³/mol. The van der Waals surface area contributed by atoms with Crippen LogP contribution in [0.1, 0.15) is 11.1 Å². The van der Waals surface area contributed by atoms with E-state index in [0.29, 0.717) is 22.5 Å². The van der Waals surface area contributed by atoms with Crippen LogP contribution in [0.25, 0.3) is 16.7 Å². The van der Waals surface area contributed by atoms with Crippen LogP contribution in [0.5, 0.6) is 0 Å². The summed E-state index contributed by atoms with van der Waals surface area (Å²) in [6.07, 6.45) is 1.90. The van der Waals surface area contributed by atoms with Gasteiger partial charge in [-0.2, -0.15) is 5.26 Å². The number of hydrogen-bond acceptors (Lipinski definition) is 4. The van der Waals surface area contributed by atoms with Crippen LogP contribution in [-0.4, -0.2) is 21.3 Å². The summed E-state index contributed by atoms with van der Waals surface area (Å²) in [6.45, 7) is -0.0980. The van der Waals surface area contributed by atoms with Gasteiger partial charge in [-0.1, -0.05) is 6.07 Å². The minimum atomic E-state index is -0.227. The van der Waals surface area contributed by atoms with Gasteiger partial charge in [0, 0.05) is 30.2 Å². The van der Waals surface area contributed by atoms with E-state index in [2.05, 4.69) is 11.1 Å². The molecule has 0 aliphatic rings. The Hall–Kier alpha value is -2.97. The summed E-state index contributed by atoms with van der Waals surface area (Å²) in [6, 6.07) is 14.3. The molecule has 0 amide bonds. The molecule has 0 saturated carbocycles. The lowest BCUT2D eigenvalue weighted by Crippen LogP contribution is -2.24. The fourth-order valence-corrected chi connectivity index (χ4v) is 2.45. The number of fused-ring (bicyclic) bond motifs is 1. The van der Waals surface area contributed by atoms with E-state index in [9.17, 15) is 4.79 Å². The Labute approximate surface area is 126 Å².